The zero-order valence-corrected chi connectivity index (χ0v) is 4.12. The highest BCUT2D eigenvalue weighted by atomic mass is 17.0. The summed E-state index contributed by atoms with van der Waals surface area (Å²) < 4.78 is 0. The van der Waals surface area contributed by atoms with Crippen LogP contribution >= 0.6 is 0 Å². The van der Waals surface area contributed by atoms with Gasteiger partial charge >= 0.3 is 5.09 Å². The summed E-state index contributed by atoms with van der Waals surface area (Å²) in [7, 11) is 2.87. The van der Waals surface area contributed by atoms with Crippen LogP contribution in [-0.2, 0) is 4.94 Å². The van der Waals surface area contributed by atoms with Crippen molar-refractivity contribution in [2.45, 2.75) is 0 Å². The average Bonchev–Trinajstić information content (AvgIpc) is 1.27. The van der Waals surface area contributed by atoms with Gasteiger partial charge in [0.2, 0.25) is 0 Å². The molecule has 0 unspecified atom stereocenters. The molecule has 0 rings (SSSR count). The van der Waals surface area contributed by atoms with E-state index in [1.54, 1.807) is 0 Å². The van der Waals surface area contributed by atoms with Crippen LogP contribution in [0.15, 0.2) is 0 Å². The van der Waals surface area contributed by atoms with Crippen molar-refractivity contribution < 1.29 is 10.0 Å². The van der Waals surface area contributed by atoms with Gasteiger partial charge in [0.25, 0.3) is 0 Å². The van der Waals surface area contributed by atoms with E-state index in [1.165, 1.54) is 14.1 Å². The largest absolute Gasteiger partial charge is 0.312 e. The third kappa shape index (κ3) is 5.16. The molecule has 0 aromatic carbocycles. The second-order valence-electron chi connectivity index (χ2n) is 1.12. The number of rotatable bonds is 2. The Kier molecular flexibility index (Phi) is 2.07. The summed E-state index contributed by atoms with van der Waals surface area (Å²) in [4.78, 5) is 13.2. The van der Waals surface area contributed by atoms with Gasteiger partial charge in [-0.2, -0.15) is 5.06 Å². The SMILES string of the molecule is CN(C)O[N+](=O)[O-]. The smallest absolute Gasteiger partial charge is 0.217 e. The van der Waals surface area contributed by atoms with E-state index in [0.29, 0.717) is 0 Å². The van der Waals surface area contributed by atoms with Gasteiger partial charge in [0.05, 0.1) is 0 Å². The quantitative estimate of drug-likeness (QED) is 0.357. The van der Waals surface area contributed by atoms with E-state index in [9.17, 15) is 10.1 Å². The molecule has 0 aromatic rings. The Labute approximate surface area is 40.5 Å². The van der Waals surface area contributed by atoms with Gasteiger partial charge in [-0.3, -0.25) is 0 Å². The second-order valence-corrected chi connectivity index (χ2v) is 1.12. The Bertz CT molecular complexity index is 71.3. The predicted molar refractivity (Wildman–Crippen MR) is 21.8 cm³/mol. The Morgan fingerprint density at radius 3 is 2.14 bits per heavy atom. The van der Waals surface area contributed by atoms with E-state index in [4.69, 9.17) is 0 Å². The van der Waals surface area contributed by atoms with Gasteiger partial charge in [-0.1, -0.05) is 0 Å². The maximum atomic E-state index is 9.35. The van der Waals surface area contributed by atoms with Gasteiger partial charge in [0.1, 0.15) is 0 Å². The zero-order chi connectivity index (χ0) is 5.86. The molecule has 0 aromatic heterocycles. The first-order chi connectivity index (χ1) is 3.13. The molecule has 7 heavy (non-hydrogen) atoms. The molecule has 0 aliphatic rings. The fourth-order valence-corrected chi connectivity index (χ4v) is 0.133. The van der Waals surface area contributed by atoms with Crippen molar-refractivity contribution in [3.63, 3.8) is 0 Å². The molecule has 0 spiro atoms. The molecule has 0 radical (unpaired) electrons. The fraction of sp³-hybridized carbons (Fsp3) is 1.00. The maximum absolute atomic E-state index is 9.35. The summed E-state index contributed by atoms with van der Waals surface area (Å²) in [6.07, 6.45) is 0. The lowest BCUT2D eigenvalue weighted by Crippen LogP contribution is -2.16. The first-order valence-electron chi connectivity index (χ1n) is 1.62. The molecule has 5 nitrogen and oxygen atoms in total. The van der Waals surface area contributed by atoms with Crippen molar-refractivity contribution in [1.82, 2.24) is 5.06 Å². The summed E-state index contributed by atoms with van der Waals surface area (Å²) in [5.74, 6) is 0. The fourth-order valence-electron chi connectivity index (χ4n) is 0.133. The summed E-state index contributed by atoms with van der Waals surface area (Å²) in [5, 5.41) is 9.48. The highest BCUT2D eigenvalue weighted by Gasteiger charge is 1.92. The minimum Gasteiger partial charge on any atom is -0.217 e. The third-order valence-corrected chi connectivity index (χ3v) is 0.230. The highest BCUT2D eigenvalue weighted by Crippen LogP contribution is 1.74. The van der Waals surface area contributed by atoms with Crippen LogP contribution < -0.4 is 0 Å². The lowest BCUT2D eigenvalue weighted by Gasteiger charge is -2.01. The van der Waals surface area contributed by atoms with Crippen LogP contribution in [0.5, 0.6) is 0 Å². The molecule has 0 atom stereocenters. The number of nitrogens with zero attached hydrogens (tertiary/aromatic N) is 2. The van der Waals surface area contributed by atoms with E-state index in [2.05, 4.69) is 4.94 Å². The van der Waals surface area contributed by atoms with Crippen LogP contribution in [0.3, 0.4) is 0 Å². The van der Waals surface area contributed by atoms with Gasteiger partial charge < -0.3 is 0 Å². The van der Waals surface area contributed by atoms with Gasteiger partial charge in [0.15, 0.2) is 0 Å². The van der Waals surface area contributed by atoms with Crippen LogP contribution in [0.25, 0.3) is 0 Å². The molecule has 0 N–H and O–H groups in total. The molecule has 0 amide bonds. The molecule has 0 heterocycles. The normalized spacial score (nSPS) is 9.00. The van der Waals surface area contributed by atoms with Crippen LogP contribution in [0, 0.1) is 10.1 Å². The van der Waals surface area contributed by atoms with Gasteiger partial charge in [-0.05, 0) is 0 Å². The molecule has 0 saturated carbocycles. The average molecular weight is 106 g/mol. The summed E-state index contributed by atoms with van der Waals surface area (Å²) in [6, 6.07) is 0. The first kappa shape index (κ1) is 6.16. The van der Waals surface area contributed by atoms with Crippen molar-refractivity contribution in [2.24, 2.45) is 0 Å². The molecular formula is C2H6N2O3. The summed E-state index contributed by atoms with van der Waals surface area (Å²) >= 11 is 0. The van der Waals surface area contributed by atoms with Crippen molar-refractivity contribution in [3.8, 4) is 0 Å². The van der Waals surface area contributed by atoms with E-state index in [-0.39, 0.29) is 0 Å². The summed E-state index contributed by atoms with van der Waals surface area (Å²) in [5.41, 5.74) is 0. The van der Waals surface area contributed by atoms with Gasteiger partial charge in [-0.15, -0.1) is 10.1 Å². The van der Waals surface area contributed by atoms with Crippen LogP contribution in [0.1, 0.15) is 0 Å². The second kappa shape index (κ2) is 2.35. The monoisotopic (exact) mass is 106 g/mol. The molecule has 0 aliphatic carbocycles. The zero-order valence-electron chi connectivity index (χ0n) is 4.12. The Hall–Kier alpha value is -0.840. The number of hydrogen-bond donors (Lipinski definition) is 0. The van der Waals surface area contributed by atoms with E-state index < -0.39 is 5.09 Å². The Balaban J connectivity index is 3.13. The first-order valence-corrected chi connectivity index (χ1v) is 1.62. The Morgan fingerprint density at radius 1 is 1.71 bits per heavy atom. The molecular weight excluding hydrogens is 100 g/mol. The van der Waals surface area contributed by atoms with E-state index >= 15 is 0 Å². The number of hydrogen-bond acceptors (Lipinski definition) is 4. The van der Waals surface area contributed by atoms with Crippen molar-refractivity contribution in [3.05, 3.63) is 10.1 Å². The minimum atomic E-state index is -0.875. The standard InChI is InChI=1S/C2H6N2O3/c1-3(2)7-4(5)6/h1-2H3. The van der Waals surface area contributed by atoms with Crippen LogP contribution in [0.4, 0.5) is 0 Å². The van der Waals surface area contributed by atoms with Crippen LogP contribution in [0.2, 0.25) is 0 Å². The third-order valence-electron chi connectivity index (χ3n) is 0.230. The van der Waals surface area contributed by atoms with Gasteiger partial charge in [0, 0.05) is 14.1 Å². The van der Waals surface area contributed by atoms with Crippen molar-refractivity contribution >= 4 is 0 Å². The molecule has 0 aliphatic heterocycles. The van der Waals surface area contributed by atoms with Crippen molar-refractivity contribution in [1.29, 1.82) is 0 Å². The molecule has 0 bridgehead atoms. The molecule has 42 valence electrons. The van der Waals surface area contributed by atoms with E-state index in [1.807, 2.05) is 0 Å². The molecule has 0 saturated heterocycles. The number of hydroxylamine groups is 2. The predicted octanol–water partition coefficient (Wildman–Crippen LogP) is -0.329. The maximum Gasteiger partial charge on any atom is 0.312 e. The van der Waals surface area contributed by atoms with Gasteiger partial charge in [-0.25, -0.2) is 4.94 Å². The van der Waals surface area contributed by atoms with Crippen molar-refractivity contribution in [2.75, 3.05) is 14.1 Å². The lowest BCUT2D eigenvalue weighted by atomic mass is 11.2. The van der Waals surface area contributed by atoms with Crippen LogP contribution in [-0.4, -0.2) is 24.2 Å². The minimum absolute atomic E-state index is 0.875. The summed E-state index contributed by atoms with van der Waals surface area (Å²) in [6.45, 7) is 0. The molecule has 0 fully saturated rings. The lowest BCUT2D eigenvalue weighted by molar-refractivity contribution is -0.806. The molecule has 5 heteroatoms. The topological polar surface area (TPSA) is 55.6 Å². The highest BCUT2D eigenvalue weighted by molar-refractivity contribution is 3.97. The Morgan fingerprint density at radius 2 is 2.14 bits per heavy atom. The van der Waals surface area contributed by atoms with E-state index in [0.717, 1.165) is 5.06 Å².